The Labute approximate surface area is 108 Å². The Morgan fingerprint density at radius 3 is 3.06 bits per heavy atom. The van der Waals surface area contributed by atoms with Crippen LogP contribution in [0.3, 0.4) is 0 Å². The van der Waals surface area contributed by atoms with Crippen LogP contribution in [0.1, 0.15) is 23.4 Å². The van der Waals surface area contributed by atoms with E-state index in [1.807, 2.05) is 0 Å². The van der Waals surface area contributed by atoms with E-state index in [1.165, 1.54) is 5.56 Å². The first-order chi connectivity index (χ1) is 8.74. The summed E-state index contributed by atoms with van der Waals surface area (Å²) in [5.74, 6) is 1.09. The van der Waals surface area contributed by atoms with Crippen molar-refractivity contribution in [2.75, 3.05) is 33.9 Å². The van der Waals surface area contributed by atoms with E-state index in [4.69, 9.17) is 9.26 Å². The van der Waals surface area contributed by atoms with Gasteiger partial charge in [0.15, 0.2) is 0 Å². The van der Waals surface area contributed by atoms with Gasteiger partial charge in [0.05, 0.1) is 6.61 Å². The average molecular weight is 251 g/mol. The quantitative estimate of drug-likeness (QED) is 0.798. The highest BCUT2D eigenvalue weighted by molar-refractivity contribution is 5.25. The van der Waals surface area contributed by atoms with Gasteiger partial charge in [0.2, 0.25) is 0 Å². The minimum atomic E-state index is 0.584. The smallest absolute Gasteiger partial charge is 0.142 e. The van der Waals surface area contributed by atoms with Gasteiger partial charge in [-0.05, 0) is 20.5 Å². The molecule has 0 amide bonds. The van der Waals surface area contributed by atoms with Crippen molar-refractivity contribution in [3.8, 4) is 0 Å². The molecule has 5 nitrogen and oxygen atoms in total. The number of ether oxygens (including phenoxy) is 1. The summed E-state index contributed by atoms with van der Waals surface area (Å²) >= 11 is 0. The van der Waals surface area contributed by atoms with Crippen LogP contribution in [-0.4, -0.2) is 54.9 Å². The SMILES string of the molecule is CN(C)Cc1noc2c1CN(C1CCOC1)CC2. The predicted molar refractivity (Wildman–Crippen MR) is 67.2 cm³/mol. The molecule has 18 heavy (non-hydrogen) atoms. The molecule has 0 aliphatic carbocycles. The summed E-state index contributed by atoms with van der Waals surface area (Å²) in [6.45, 7) is 4.67. The van der Waals surface area contributed by atoms with Crippen molar-refractivity contribution in [1.29, 1.82) is 0 Å². The third-order valence-corrected chi connectivity index (χ3v) is 3.83. The van der Waals surface area contributed by atoms with E-state index in [-0.39, 0.29) is 0 Å². The van der Waals surface area contributed by atoms with Gasteiger partial charge in [-0.15, -0.1) is 0 Å². The predicted octanol–water partition coefficient (Wildman–Crippen LogP) is 0.883. The molecule has 0 saturated carbocycles. The van der Waals surface area contributed by atoms with Crippen molar-refractivity contribution in [1.82, 2.24) is 15.0 Å². The second-order valence-electron chi connectivity index (χ2n) is 5.51. The van der Waals surface area contributed by atoms with Gasteiger partial charge in [0.25, 0.3) is 0 Å². The molecule has 0 bridgehead atoms. The van der Waals surface area contributed by atoms with E-state index < -0.39 is 0 Å². The Morgan fingerprint density at radius 1 is 1.44 bits per heavy atom. The van der Waals surface area contributed by atoms with Crippen molar-refractivity contribution in [2.24, 2.45) is 0 Å². The topological polar surface area (TPSA) is 41.7 Å². The molecule has 2 aliphatic heterocycles. The average Bonchev–Trinajstić information content (AvgIpc) is 2.98. The van der Waals surface area contributed by atoms with Crippen molar-refractivity contribution < 1.29 is 9.26 Å². The molecule has 0 radical (unpaired) electrons. The first-order valence-corrected chi connectivity index (χ1v) is 6.67. The Balaban J connectivity index is 1.75. The van der Waals surface area contributed by atoms with Crippen molar-refractivity contribution in [3.05, 3.63) is 17.0 Å². The van der Waals surface area contributed by atoms with Crippen LogP contribution in [0.2, 0.25) is 0 Å². The van der Waals surface area contributed by atoms with E-state index in [1.54, 1.807) is 0 Å². The highest BCUT2D eigenvalue weighted by atomic mass is 16.5. The van der Waals surface area contributed by atoms with Crippen molar-refractivity contribution in [2.45, 2.75) is 32.0 Å². The van der Waals surface area contributed by atoms with E-state index >= 15 is 0 Å². The van der Waals surface area contributed by atoms with E-state index in [0.717, 1.165) is 57.1 Å². The van der Waals surface area contributed by atoms with E-state index in [0.29, 0.717) is 6.04 Å². The lowest BCUT2D eigenvalue weighted by Gasteiger charge is -2.30. The largest absolute Gasteiger partial charge is 0.380 e. The zero-order chi connectivity index (χ0) is 12.5. The fraction of sp³-hybridized carbons (Fsp3) is 0.769. The maximum Gasteiger partial charge on any atom is 0.142 e. The van der Waals surface area contributed by atoms with Gasteiger partial charge in [-0.3, -0.25) is 4.90 Å². The molecule has 0 aromatic carbocycles. The first kappa shape index (κ1) is 12.1. The summed E-state index contributed by atoms with van der Waals surface area (Å²) < 4.78 is 10.9. The van der Waals surface area contributed by atoms with Gasteiger partial charge in [0, 0.05) is 44.3 Å². The van der Waals surface area contributed by atoms with Gasteiger partial charge in [-0.1, -0.05) is 5.16 Å². The summed E-state index contributed by atoms with van der Waals surface area (Å²) in [5, 5.41) is 4.22. The molecule has 2 aliphatic rings. The van der Waals surface area contributed by atoms with Crippen molar-refractivity contribution in [3.63, 3.8) is 0 Å². The fourth-order valence-corrected chi connectivity index (χ4v) is 2.83. The second kappa shape index (κ2) is 4.99. The molecule has 1 unspecified atom stereocenters. The van der Waals surface area contributed by atoms with Gasteiger partial charge >= 0.3 is 0 Å². The van der Waals surface area contributed by atoms with Crippen LogP contribution in [0.15, 0.2) is 4.52 Å². The number of nitrogens with zero attached hydrogens (tertiary/aromatic N) is 3. The molecule has 1 aromatic heterocycles. The lowest BCUT2D eigenvalue weighted by atomic mass is 10.0. The van der Waals surface area contributed by atoms with Gasteiger partial charge in [0.1, 0.15) is 11.5 Å². The van der Waals surface area contributed by atoms with Crippen LogP contribution in [0.4, 0.5) is 0 Å². The number of hydrogen-bond donors (Lipinski definition) is 0. The molecular weight excluding hydrogens is 230 g/mol. The van der Waals surface area contributed by atoms with Gasteiger partial charge in [-0.25, -0.2) is 0 Å². The minimum absolute atomic E-state index is 0.584. The Bertz CT molecular complexity index is 410. The van der Waals surface area contributed by atoms with Crippen LogP contribution in [0, 0.1) is 0 Å². The monoisotopic (exact) mass is 251 g/mol. The van der Waals surface area contributed by atoms with Crippen LogP contribution in [-0.2, 0) is 24.2 Å². The molecule has 5 heteroatoms. The maximum atomic E-state index is 5.49. The highest BCUT2D eigenvalue weighted by Crippen LogP contribution is 2.26. The fourth-order valence-electron chi connectivity index (χ4n) is 2.83. The number of fused-ring (bicyclic) bond motifs is 1. The zero-order valence-electron chi connectivity index (χ0n) is 11.2. The summed E-state index contributed by atoms with van der Waals surface area (Å²) in [6, 6.07) is 0.584. The van der Waals surface area contributed by atoms with E-state index in [9.17, 15) is 0 Å². The Morgan fingerprint density at radius 2 is 2.33 bits per heavy atom. The molecule has 1 aromatic rings. The molecule has 100 valence electrons. The summed E-state index contributed by atoms with van der Waals surface area (Å²) in [4.78, 5) is 4.65. The molecule has 1 fully saturated rings. The number of rotatable bonds is 3. The molecule has 1 atom stereocenters. The molecular formula is C13H21N3O2. The lowest BCUT2D eigenvalue weighted by molar-refractivity contribution is 0.131. The normalized spacial score (nSPS) is 24.7. The van der Waals surface area contributed by atoms with Crippen molar-refractivity contribution >= 4 is 0 Å². The molecule has 1 saturated heterocycles. The van der Waals surface area contributed by atoms with Crippen LogP contribution >= 0.6 is 0 Å². The van der Waals surface area contributed by atoms with Crippen LogP contribution in [0.5, 0.6) is 0 Å². The molecule has 3 heterocycles. The number of aromatic nitrogens is 1. The molecule has 0 N–H and O–H groups in total. The standard InChI is InChI=1S/C13H21N3O2/c1-15(2)8-12-11-7-16(10-4-6-17-9-10)5-3-13(11)18-14-12/h10H,3-9H2,1-2H3. The summed E-state index contributed by atoms with van der Waals surface area (Å²) in [7, 11) is 4.12. The summed E-state index contributed by atoms with van der Waals surface area (Å²) in [5.41, 5.74) is 2.40. The summed E-state index contributed by atoms with van der Waals surface area (Å²) in [6.07, 6.45) is 2.13. The second-order valence-corrected chi connectivity index (χ2v) is 5.51. The zero-order valence-corrected chi connectivity index (χ0v) is 11.2. The third-order valence-electron chi connectivity index (χ3n) is 3.83. The van der Waals surface area contributed by atoms with Gasteiger partial charge < -0.3 is 14.2 Å². The Kier molecular flexibility index (Phi) is 3.37. The first-order valence-electron chi connectivity index (χ1n) is 6.67. The highest BCUT2D eigenvalue weighted by Gasteiger charge is 2.30. The van der Waals surface area contributed by atoms with Crippen LogP contribution in [0.25, 0.3) is 0 Å². The number of hydrogen-bond acceptors (Lipinski definition) is 5. The molecule has 3 rings (SSSR count). The third kappa shape index (κ3) is 2.30. The molecule has 0 spiro atoms. The minimum Gasteiger partial charge on any atom is -0.380 e. The van der Waals surface area contributed by atoms with Crippen LogP contribution < -0.4 is 0 Å². The maximum absolute atomic E-state index is 5.49. The van der Waals surface area contributed by atoms with E-state index in [2.05, 4.69) is 29.1 Å². The van der Waals surface area contributed by atoms with Gasteiger partial charge in [-0.2, -0.15) is 0 Å². The lowest BCUT2D eigenvalue weighted by Crippen LogP contribution is -2.39. The Hall–Kier alpha value is -0.910.